The number of hydrogen-bond acceptors (Lipinski definition) is 4. The van der Waals surface area contributed by atoms with Gasteiger partial charge in [-0.25, -0.2) is 23.5 Å². The highest BCUT2D eigenvalue weighted by atomic mass is 35.5. The molecular formula is C11H12Cl2F2N4O3S. The molecule has 1 saturated heterocycles. The van der Waals surface area contributed by atoms with Crippen LogP contribution in [0.5, 0.6) is 0 Å². The molecule has 2 amide bonds. The molecule has 0 bridgehead atoms. The van der Waals surface area contributed by atoms with Crippen molar-refractivity contribution < 1.29 is 22.0 Å². The molecule has 0 spiro atoms. The first-order chi connectivity index (χ1) is 10.5. The van der Waals surface area contributed by atoms with Gasteiger partial charge < -0.3 is 0 Å². The van der Waals surface area contributed by atoms with Crippen LogP contribution in [0.1, 0.15) is 12.5 Å². The lowest BCUT2D eigenvalue weighted by molar-refractivity contribution is -0.0480. The molecule has 7 nitrogen and oxygen atoms in total. The fraction of sp³-hybridized carbons (Fsp3) is 0.364. The van der Waals surface area contributed by atoms with Gasteiger partial charge in [0, 0.05) is 10.6 Å². The molecule has 0 aliphatic carbocycles. The van der Waals surface area contributed by atoms with E-state index in [1.807, 2.05) is 0 Å². The van der Waals surface area contributed by atoms with Crippen molar-refractivity contribution in [3.8, 4) is 0 Å². The standard InChI is InChI=1S/C11H12Cl2F2N4O3S/c1-11(18-16-10(20)19(11)9(14)15)5-3-8(17-23(2,21)22)7(13)4-6(5)12/h3-4,9,17-18H,1-2H3,(H,16,20). The third-order valence-electron chi connectivity index (χ3n) is 3.19. The number of nitrogens with one attached hydrogen (secondary N) is 3. The molecule has 0 saturated carbocycles. The lowest BCUT2D eigenvalue weighted by Crippen LogP contribution is -2.49. The van der Waals surface area contributed by atoms with Crippen LogP contribution in [0.2, 0.25) is 10.0 Å². The van der Waals surface area contributed by atoms with Crippen LogP contribution in [0.4, 0.5) is 19.3 Å². The minimum Gasteiger partial charge on any atom is -0.282 e. The predicted molar refractivity (Wildman–Crippen MR) is 81.8 cm³/mol. The minimum atomic E-state index is -3.66. The number of sulfonamides is 1. The number of urea groups is 1. The Labute approximate surface area is 140 Å². The Morgan fingerprint density at radius 3 is 2.43 bits per heavy atom. The van der Waals surface area contributed by atoms with Crippen molar-refractivity contribution >= 4 is 44.9 Å². The van der Waals surface area contributed by atoms with E-state index in [-0.39, 0.29) is 26.2 Å². The third-order valence-corrected chi connectivity index (χ3v) is 4.40. The lowest BCUT2D eigenvalue weighted by Gasteiger charge is -2.33. The fourth-order valence-corrected chi connectivity index (χ4v) is 3.42. The molecule has 0 aromatic heterocycles. The molecule has 1 aliphatic rings. The molecule has 128 valence electrons. The first kappa shape index (κ1) is 18.0. The highest BCUT2D eigenvalue weighted by molar-refractivity contribution is 7.92. The number of hydrogen-bond donors (Lipinski definition) is 3. The van der Waals surface area contributed by atoms with Gasteiger partial charge in [0.25, 0.3) is 0 Å². The van der Waals surface area contributed by atoms with Crippen LogP contribution in [0.25, 0.3) is 0 Å². The molecule has 1 aromatic rings. The second-order valence-corrected chi connectivity index (χ2v) is 7.52. The van der Waals surface area contributed by atoms with Gasteiger partial charge in [0.05, 0.1) is 17.0 Å². The van der Waals surface area contributed by atoms with Crippen molar-refractivity contribution in [2.45, 2.75) is 19.1 Å². The molecule has 2 rings (SSSR count). The number of benzene rings is 1. The average molecular weight is 389 g/mol. The maximum atomic E-state index is 13.2. The Bertz CT molecular complexity index is 762. The van der Waals surface area contributed by atoms with Crippen molar-refractivity contribution in [2.24, 2.45) is 0 Å². The van der Waals surface area contributed by atoms with Gasteiger partial charge in [-0.3, -0.25) is 10.1 Å². The maximum absolute atomic E-state index is 13.2. The number of anilines is 1. The van der Waals surface area contributed by atoms with Gasteiger partial charge in [-0.1, -0.05) is 23.2 Å². The Hall–Kier alpha value is -1.36. The summed E-state index contributed by atoms with van der Waals surface area (Å²) in [5, 5.41) is -0.0418. The van der Waals surface area contributed by atoms with Gasteiger partial charge in [-0.15, -0.1) is 0 Å². The van der Waals surface area contributed by atoms with E-state index in [1.54, 1.807) is 0 Å². The van der Waals surface area contributed by atoms with Crippen LogP contribution >= 0.6 is 23.2 Å². The molecule has 3 N–H and O–H groups in total. The number of nitrogens with zero attached hydrogens (tertiary/aromatic N) is 1. The predicted octanol–water partition coefficient (Wildman–Crippen LogP) is 2.29. The zero-order valence-corrected chi connectivity index (χ0v) is 14.2. The third kappa shape index (κ3) is 3.44. The molecule has 12 heteroatoms. The molecule has 23 heavy (non-hydrogen) atoms. The van der Waals surface area contributed by atoms with Crippen LogP contribution in [-0.4, -0.2) is 32.2 Å². The van der Waals surface area contributed by atoms with Crippen LogP contribution in [-0.2, 0) is 15.7 Å². The van der Waals surface area contributed by atoms with Gasteiger partial charge >= 0.3 is 12.6 Å². The van der Waals surface area contributed by atoms with Gasteiger partial charge in [-0.05, 0) is 19.1 Å². The van der Waals surface area contributed by atoms with Crippen molar-refractivity contribution in [1.29, 1.82) is 0 Å². The number of alkyl halides is 2. The SMILES string of the molecule is CC1(c2cc(NS(C)(=O)=O)c(Cl)cc2Cl)NNC(=O)N1C(F)F. The zero-order chi connectivity index (χ0) is 17.6. The second-order valence-electron chi connectivity index (χ2n) is 4.96. The summed E-state index contributed by atoms with van der Waals surface area (Å²) in [5.41, 5.74) is 2.78. The summed E-state index contributed by atoms with van der Waals surface area (Å²) >= 11 is 12.0. The summed E-state index contributed by atoms with van der Waals surface area (Å²) in [6.45, 7) is -1.83. The Balaban J connectivity index is 2.58. The largest absolute Gasteiger partial charge is 0.337 e. The molecule has 1 unspecified atom stereocenters. The number of carbonyl (C=O) groups is 1. The van der Waals surface area contributed by atoms with Crippen LogP contribution in [0.3, 0.4) is 0 Å². The highest BCUT2D eigenvalue weighted by Gasteiger charge is 2.48. The molecule has 0 radical (unpaired) electrons. The van der Waals surface area contributed by atoms with Crippen LogP contribution < -0.4 is 15.6 Å². The summed E-state index contributed by atoms with van der Waals surface area (Å²) in [7, 11) is -3.66. The molecule has 1 aliphatic heterocycles. The topological polar surface area (TPSA) is 90.5 Å². The monoisotopic (exact) mass is 388 g/mol. The van der Waals surface area contributed by atoms with E-state index in [1.165, 1.54) is 19.1 Å². The van der Waals surface area contributed by atoms with Crippen LogP contribution in [0.15, 0.2) is 12.1 Å². The van der Waals surface area contributed by atoms with E-state index < -0.39 is 28.3 Å². The average Bonchev–Trinajstić information content (AvgIpc) is 2.68. The number of hydrazine groups is 1. The van der Waals surface area contributed by atoms with E-state index in [0.29, 0.717) is 0 Å². The summed E-state index contributed by atoms with van der Waals surface area (Å²) in [4.78, 5) is 11.8. The molecule has 1 aromatic carbocycles. The molecule has 1 fully saturated rings. The molecule has 1 atom stereocenters. The summed E-state index contributed by atoms with van der Waals surface area (Å²) in [6.07, 6.45) is 0.906. The normalized spacial score (nSPS) is 21.7. The smallest absolute Gasteiger partial charge is 0.282 e. The number of halogens is 4. The van der Waals surface area contributed by atoms with Gasteiger partial charge in [0.15, 0.2) is 0 Å². The van der Waals surface area contributed by atoms with Crippen LogP contribution in [0, 0.1) is 0 Å². The van der Waals surface area contributed by atoms with Crippen molar-refractivity contribution in [3.05, 3.63) is 27.7 Å². The Kier molecular flexibility index (Phi) is 4.64. The van der Waals surface area contributed by atoms with E-state index in [2.05, 4.69) is 15.6 Å². The summed E-state index contributed by atoms with van der Waals surface area (Å²) < 4.78 is 51.3. The Morgan fingerprint density at radius 1 is 1.30 bits per heavy atom. The Morgan fingerprint density at radius 2 is 1.91 bits per heavy atom. The van der Waals surface area contributed by atoms with E-state index in [0.717, 1.165) is 6.26 Å². The number of rotatable bonds is 4. The van der Waals surface area contributed by atoms with Crippen molar-refractivity contribution in [1.82, 2.24) is 15.8 Å². The summed E-state index contributed by atoms with van der Waals surface area (Å²) in [6, 6.07) is 1.34. The maximum Gasteiger partial charge on any atom is 0.337 e. The fourth-order valence-electron chi connectivity index (χ4n) is 2.18. The van der Waals surface area contributed by atoms with E-state index in [9.17, 15) is 22.0 Å². The number of amides is 2. The molecule has 1 heterocycles. The zero-order valence-electron chi connectivity index (χ0n) is 11.8. The van der Waals surface area contributed by atoms with Gasteiger partial charge in [0.2, 0.25) is 10.0 Å². The molecular weight excluding hydrogens is 377 g/mol. The first-order valence-electron chi connectivity index (χ1n) is 6.07. The van der Waals surface area contributed by atoms with E-state index >= 15 is 0 Å². The van der Waals surface area contributed by atoms with E-state index in [4.69, 9.17) is 23.2 Å². The summed E-state index contributed by atoms with van der Waals surface area (Å²) in [5.74, 6) is 0. The highest BCUT2D eigenvalue weighted by Crippen LogP contribution is 2.39. The first-order valence-corrected chi connectivity index (χ1v) is 8.72. The number of carbonyl (C=O) groups excluding carboxylic acids is 1. The van der Waals surface area contributed by atoms with Gasteiger partial charge in [0.1, 0.15) is 5.66 Å². The van der Waals surface area contributed by atoms with Gasteiger partial charge in [-0.2, -0.15) is 8.78 Å². The van der Waals surface area contributed by atoms with Crippen molar-refractivity contribution in [3.63, 3.8) is 0 Å². The second kappa shape index (κ2) is 5.93. The minimum absolute atomic E-state index is 0.0198. The lowest BCUT2D eigenvalue weighted by atomic mass is 10.0. The quantitative estimate of drug-likeness (QED) is 0.690. The van der Waals surface area contributed by atoms with Crippen molar-refractivity contribution in [2.75, 3.05) is 11.0 Å².